The number of aromatic nitrogens is 5. The van der Waals surface area contributed by atoms with Crippen molar-refractivity contribution in [3.63, 3.8) is 0 Å². The predicted molar refractivity (Wildman–Crippen MR) is 205 cm³/mol. The van der Waals surface area contributed by atoms with Crippen LogP contribution in [0.4, 0.5) is 0 Å². The zero-order valence-corrected chi connectivity index (χ0v) is 26.1. The maximum Gasteiger partial charge on any atom is 0.238 e. The first-order valence-corrected chi connectivity index (χ1v) is 15.8. The van der Waals surface area contributed by atoms with Crippen molar-refractivity contribution in [3.05, 3.63) is 176 Å². The Kier molecular flexibility index (Phi) is 4.24. The van der Waals surface area contributed by atoms with Gasteiger partial charge in [-0.05, 0) is 47.4 Å². The Morgan fingerprint density at radius 3 is 1.58 bits per heavy atom. The lowest BCUT2D eigenvalue weighted by molar-refractivity contribution is 0.953. The summed E-state index contributed by atoms with van der Waals surface area (Å²) in [6.07, 6.45) is 0. The van der Waals surface area contributed by atoms with Crippen LogP contribution in [0.3, 0.4) is 0 Å². The fourth-order valence-electron chi connectivity index (χ4n) is 6.49. The zero-order chi connectivity index (χ0) is 43.5. The molecule has 5 heteroatoms. The van der Waals surface area contributed by atoms with Gasteiger partial charge in [0.2, 0.25) is 5.95 Å². The zero-order valence-electron chi connectivity index (χ0n) is 38.1. The van der Waals surface area contributed by atoms with Gasteiger partial charge in [-0.15, -0.1) is 0 Å². The second-order valence-electron chi connectivity index (χ2n) is 11.6. The monoisotopic (exact) mass is 651 g/mol. The molecule has 5 nitrogen and oxygen atoms in total. The highest BCUT2D eigenvalue weighted by Crippen LogP contribution is 2.35. The Labute approximate surface area is 305 Å². The molecule has 0 fully saturated rings. The number of fused-ring (bicyclic) bond motifs is 6. The minimum Gasteiger partial charge on any atom is -0.309 e. The van der Waals surface area contributed by atoms with E-state index in [1.807, 2.05) is 91.0 Å². The molecule has 3 heterocycles. The summed E-state index contributed by atoms with van der Waals surface area (Å²) >= 11 is 0. The first-order valence-electron chi connectivity index (χ1n) is 21.8. The molecule has 0 saturated heterocycles. The number of benzene rings is 7. The van der Waals surface area contributed by atoms with E-state index in [9.17, 15) is 4.11 Å². The molecule has 0 N–H and O–H groups in total. The van der Waals surface area contributed by atoms with E-state index in [4.69, 9.17) is 27.3 Å². The quantitative estimate of drug-likeness (QED) is 0.186. The van der Waals surface area contributed by atoms with E-state index in [-0.39, 0.29) is 62.7 Å². The standard InChI is InChI=1S/C45H29N5/c1-2-13-30(14-3-1)31-25-27-32(28-26-31)43-46-44(48-45(47-43)50-41-23-10-6-19-37(41)38-20-7-11-24-42(38)50)33-15-12-16-34(29-33)49-39-21-8-4-17-35(39)36-18-5-9-22-40(36)49/h1-29H/i6D,7D,10D,11D,12D,15D,16D,19D,20D,23D,24D,29D. The van der Waals surface area contributed by atoms with Crippen LogP contribution >= 0.6 is 0 Å². The summed E-state index contributed by atoms with van der Waals surface area (Å²) < 4.78 is 110. The third-order valence-corrected chi connectivity index (χ3v) is 8.75. The lowest BCUT2D eigenvalue weighted by Crippen LogP contribution is -2.06. The highest BCUT2D eigenvalue weighted by atomic mass is 15.2. The molecule has 0 aliphatic heterocycles. The van der Waals surface area contributed by atoms with Crippen LogP contribution in [0.25, 0.3) is 89.2 Å². The van der Waals surface area contributed by atoms with Crippen molar-refractivity contribution in [2.75, 3.05) is 0 Å². The van der Waals surface area contributed by atoms with Gasteiger partial charge in [0.15, 0.2) is 11.6 Å². The third kappa shape index (κ3) is 4.52. The van der Waals surface area contributed by atoms with Crippen LogP contribution in [0.1, 0.15) is 16.4 Å². The van der Waals surface area contributed by atoms with Gasteiger partial charge >= 0.3 is 0 Å². The molecule has 0 bridgehead atoms. The van der Waals surface area contributed by atoms with Crippen LogP contribution in [-0.2, 0) is 0 Å². The summed E-state index contributed by atoms with van der Waals surface area (Å²) in [5.74, 6) is -0.648. The second-order valence-corrected chi connectivity index (χ2v) is 11.6. The van der Waals surface area contributed by atoms with Gasteiger partial charge in [-0.2, -0.15) is 9.97 Å². The minimum atomic E-state index is -0.629. The average molecular weight is 652 g/mol. The van der Waals surface area contributed by atoms with Crippen molar-refractivity contribution in [1.29, 1.82) is 0 Å². The molecule has 0 aliphatic rings. The molecule has 3 aromatic heterocycles. The summed E-state index contributed by atoms with van der Waals surface area (Å²) in [5, 5.41) is 1.32. The van der Waals surface area contributed by atoms with Crippen LogP contribution in [0.2, 0.25) is 0 Å². The molecule has 234 valence electrons. The van der Waals surface area contributed by atoms with Crippen LogP contribution in [0.5, 0.6) is 0 Å². The van der Waals surface area contributed by atoms with Gasteiger partial charge in [0.25, 0.3) is 0 Å². The molecule has 10 aromatic rings. The topological polar surface area (TPSA) is 48.5 Å². The van der Waals surface area contributed by atoms with Crippen molar-refractivity contribution in [1.82, 2.24) is 24.1 Å². The Bertz CT molecular complexity index is 3420. The fourth-order valence-corrected chi connectivity index (χ4v) is 6.49. The predicted octanol–water partition coefficient (Wildman–Crippen LogP) is 11.1. The van der Waals surface area contributed by atoms with Crippen LogP contribution in [0, 0.1) is 0 Å². The minimum absolute atomic E-state index is 0.00535. The van der Waals surface area contributed by atoms with Crippen molar-refractivity contribution in [2.24, 2.45) is 0 Å². The van der Waals surface area contributed by atoms with E-state index in [1.165, 1.54) is 0 Å². The van der Waals surface area contributed by atoms with E-state index in [2.05, 4.69) is 0 Å². The molecule has 0 atom stereocenters. The Morgan fingerprint density at radius 1 is 0.380 bits per heavy atom. The number of para-hydroxylation sites is 4. The third-order valence-electron chi connectivity index (χ3n) is 8.75. The summed E-state index contributed by atoms with van der Waals surface area (Å²) in [5.41, 5.74) is 2.86. The first-order chi connectivity index (χ1) is 29.8. The number of nitrogens with zero attached hydrogens (tertiary/aromatic N) is 5. The number of hydrogen-bond acceptors (Lipinski definition) is 3. The fraction of sp³-hybridized carbons (Fsp3) is 0. The smallest absolute Gasteiger partial charge is 0.238 e. The van der Waals surface area contributed by atoms with E-state index in [0.29, 0.717) is 16.6 Å². The van der Waals surface area contributed by atoms with Gasteiger partial charge in [-0.3, -0.25) is 4.57 Å². The van der Waals surface area contributed by atoms with Gasteiger partial charge in [0, 0.05) is 38.4 Å². The molecule has 10 rings (SSSR count). The lowest BCUT2D eigenvalue weighted by atomic mass is 10.0. The largest absolute Gasteiger partial charge is 0.309 e. The molecule has 0 radical (unpaired) electrons. The molecule has 50 heavy (non-hydrogen) atoms. The SMILES string of the molecule is [2H]c1c([2H])c(-c2nc(-c3ccc(-c4ccccc4)cc3)nc(-n3c4c([2H])c([2H])c([2H])c([2H])c4c4c([2H])c([2H])c([2H])c([2H])c43)n2)c([2H])c(-n2c3ccccc3c3ccccc32)c1[2H]. The van der Waals surface area contributed by atoms with E-state index in [0.717, 1.165) is 26.5 Å². The van der Waals surface area contributed by atoms with Gasteiger partial charge in [0.1, 0.15) is 0 Å². The Balaban J connectivity index is 1.34. The van der Waals surface area contributed by atoms with Crippen molar-refractivity contribution < 1.29 is 16.4 Å². The molecule has 0 unspecified atom stereocenters. The highest BCUT2D eigenvalue weighted by molar-refractivity contribution is 6.10. The van der Waals surface area contributed by atoms with Crippen LogP contribution in [0.15, 0.2) is 176 Å². The van der Waals surface area contributed by atoms with Gasteiger partial charge in [0.05, 0.1) is 38.5 Å². The molecular formula is C45H29N5. The van der Waals surface area contributed by atoms with Crippen LogP contribution < -0.4 is 0 Å². The molecule has 0 amide bonds. The number of hydrogen-bond donors (Lipinski definition) is 0. The molecule has 0 spiro atoms. The molecular weight excluding hydrogens is 611 g/mol. The van der Waals surface area contributed by atoms with Crippen molar-refractivity contribution >= 4 is 43.6 Å². The maximum atomic E-state index is 9.77. The van der Waals surface area contributed by atoms with Crippen molar-refractivity contribution in [2.45, 2.75) is 0 Å². The highest BCUT2D eigenvalue weighted by Gasteiger charge is 2.19. The summed E-state index contributed by atoms with van der Waals surface area (Å²) in [4.78, 5) is 14.4. The van der Waals surface area contributed by atoms with Gasteiger partial charge in [-0.25, -0.2) is 4.98 Å². The van der Waals surface area contributed by atoms with Gasteiger partial charge in [-0.1, -0.05) is 139 Å². The van der Waals surface area contributed by atoms with Crippen LogP contribution in [-0.4, -0.2) is 24.1 Å². The van der Waals surface area contributed by atoms with E-state index in [1.54, 1.807) is 16.7 Å². The average Bonchev–Trinajstić information content (AvgIpc) is 3.83. The Morgan fingerprint density at radius 2 is 0.920 bits per heavy atom. The molecule has 0 saturated carbocycles. The van der Waals surface area contributed by atoms with E-state index >= 15 is 0 Å². The second kappa shape index (κ2) is 11.4. The van der Waals surface area contributed by atoms with E-state index < -0.39 is 60.4 Å². The normalized spacial score (nSPS) is 15.0. The summed E-state index contributed by atoms with van der Waals surface area (Å²) in [6.45, 7) is 0. The van der Waals surface area contributed by atoms with Crippen molar-refractivity contribution in [3.8, 4) is 45.5 Å². The first kappa shape index (κ1) is 18.6. The maximum absolute atomic E-state index is 9.77. The summed E-state index contributed by atoms with van der Waals surface area (Å²) in [7, 11) is 0. The summed E-state index contributed by atoms with van der Waals surface area (Å²) in [6, 6.07) is 25.3. The lowest BCUT2D eigenvalue weighted by Gasteiger charge is -2.13. The molecule has 0 aliphatic carbocycles. The van der Waals surface area contributed by atoms with Gasteiger partial charge < -0.3 is 4.57 Å². The Hall–Kier alpha value is -6.85. The molecule has 7 aromatic carbocycles. The number of rotatable bonds is 5.